The van der Waals surface area contributed by atoms with Crippen molar-refractivity contribution in [2.45, 2.75) is 19.8 Å². The molecule has 0 aliphatic rings. The number of rotatable bonds is 9. The molecule has 0 aliphatic heterocycles. The largest absolute Gasteiger partial charge is 0.462 e. The van der Waals surface area contributed by atoms with E-state index in [1.807, 2.05) is 0 Å². The molecular formula is C20H23FN2O5S. The molecule has 0 atom stereocenters. The van der Waals surface area contributed by atoms with Gasteiger partial charge < -0.3 is 10.1 Å². The lowest BCUT2D eigenvalue weighted by Gasteiger charge is -2.22. The number of nitrogens with one attached hydrogen (secondary N) is 1. The number of anilines is 2. The third-order valence-electron chi connectivity index (χ3n) is 3.98. The van der Waals surface area contributed by atoms with E-state index in [-0.39, 0.29) is 37.5 Å². The van der Waals surface area contributed by atoms with Gasteiger partial charge in [-0.2, -0.15) is 0 Å². The van der Waals surface area contributed by atoms with Crippen LogP contribution in [-0.2, 0) is 19.6 Å². The van der Waals surface area contributed by atoms with Crippen LogP contribution in [0.25, 0.3) is 0 Å². The molecule has 156 valence electrons. The van der Waals surface area contributed by atoms with Crippen LogP contribution in [0.3, 0.4) is 0 Å². The molecule has 0 unspecified atom stereocenters. The Bertz CT molecular complexity index is 961. The molecule has 2 aromatic carbocycles. The van der Waals surface area contributed by atoms with Gasteiger partial charge in [0.2, 0.25) is 15.9 Å². The van der Waals surface area contributed by atoms with Gasteiger partial charge in [-0.05, 0) is 49.7 Å². The number of nitrogens with zero attached hydrogens (tertiary/aromatic N) is 1. The minimum absolute atomic E-state index is 0.0321. The van der Waals surface area contributed by atoms with Gasteiger partial charge in [-0.1, -0.05) is 12.1 Å². The number of para-hydroxylation sites is 1. The van der Waals surface area contributed by atoms with Crippen molar-refractivity contribution in [2.75, 3.05) is 29.0 Å². The van der Waals surface area contributed by atoms with Crippen molar-refractivity contribution < 1.29 is 27.1 Å². The predicted octanol–water partition coefficient (Wildman–Crippen LogP) is 3.19. The summed E-state index contributed by atoms with van der Waals surface area (Å²) in [6.07, 6.45) is 1.31. The summed E-state index contributed by atoms with van der Waals surface area (Å²) in [6.45, 7) is 1.96. The zero-order valence-electron chi connectivity index (χ0n) is 16.2. The minimum Gasteiger partial charge on any atom is -0.462 e. The molecule has 7 nitrogen and oxygen atoms in total. The Morgan fingerprint density at radius 2 is 1.76 bits per heavy atom. The van der Waals surface area contributed by atoms with Crippen molar-refractivity contribution in [1.82, 2.24) is 0 Å². The summed E-state index contributed by atoms with van der Waals surface area (Å²) >= 11 is 0. The highest BCUT2D eigenvalue weighted by Crippen LogP contribution is 2.20. The zero-order chi connectivity index (χ0) is 21.4. The molecule has 0 heterocycles. The number of hydrogen-bond donors (Lipinski definition) is 1. The Hall–Kier alpha value is -2.94. The molecule has 0 bridgehead atoms. The van der Waals surface area contributed by atoms with Crippen LogP contribution >= 0.6 is 0 Å². The summed E-state index contributed by atoms with van der Waals surface area (Å²) in [5.74, 6) is -1.38. The highest BCUT2D eigenvalue weighted by Gasteiger charge is 2.18. The molecule has 0 radical (unpaired) electrons. The number of ether oxygens (including phenoxy) is 1. The smallest absolute Gasteiger partial charge is 0.340 e. The molecule has 0 saturated heterocycles. The fourth-order valence-electron chi connectivity index (χ4n) is 2.67. The summed E-state index contributed by atoms with van der Waals surface area (Å²) in [6, 6.07) is 11.6. The van der Waals surface area contributed by atoms with E-state index in [0.29, 0.717) is 11.4 Å². The molecule has 0 aliphatic carbocycles. The van der Waals surface area contributed by atoms with E-state index >= 15 is 0 Å². The van der Waals surface area contributed by atoms with E-state index in [1.54, 1.807) is 31.2 Å². The monoisotopic (exact) mass is 422 g/mol. The first-order valence-corrected chi connectivity index (χ1v) is 10.9. The molecule has 9 heteroatoms. The first kappa shape index (κ1) is 22.4. The molecular weight excluding hydrogens is 399 g/mol. The number of carbonyl (C=O) groups excluding carboxylic acids is 2. The van der Waals surface area contributed by atoms with Crippen molar-refractivity contribution in [3.8, 4) is 0 Å². The number of hydrogen-bond acceptors (Lipinski definition) is 5. The van der Waals surface area contributed by atoms with E-state index < -0.39 is 21.8 Å². The molecule has 29 heavy (non-hydrogen) atoms. The maximum absolute atomic E-state index is 13.1. The molecule has 0 fully saturated rings. The fourth-order valence-corrected chi connectivity index (χ4v) is 3.63. The lowest BCUT2D eigenvalue weighted by Crippen LogP contribution is -2.31. The van der Waals surface area contributed by atoms with E-state index in [0.717, 1.165) is 10.6 Å². The molecule has 2 aromatic rings. The van der Waals surface area contributed by atoms with Crippen LogP contribution in [0, 0.1) is 5.82 Å². The summed E-state index contributed by atoms with van der Waals surface area (Å²) < 4.78 is 43.3. The molecule has 1 amide bonds. The van der Waals surface area contributed by atoms with Gasteiger partial charge in [0.25, 0.3) is 0 Å². The Labute approximate surface area is 169 Å². The molecule has 0 saturated carbocycles. The van der Waals surface area contributed by atoms with E-state index in [1.165, 1.54) is 24.3 Å². The van der Waals surface area contributed by atoms with Crippen molar-refractivity contribution in [3.05, 3.63) is 59.9 Å². The van der Waals surface area contributed by atoms with Crippen LogP contribution in [0.5, 0.6) is 0 Å². The average molecular weight is 422 g/mol. The van der Waals surface area contributed by atoms with E-state index in [4.69, 9.17) is 4.74 Å². The summed E-state index contributed by atoms with van der Waals surface area (Å²) in [5.41, 5.74) is 0.892. The van der Waals surface area contributed by atoms with Crippen molar-refractivity contribution in [3.63, 3.8) is 0 Å². The second kappa shape index (κ2) is 10.0. The maximum Gasteiger partial charge on any atom is 0.340 e. The van der Waals surface area contributed by atoms with Crippen LogP contribution in [0.4, 0.5) is 15.8 Å². The average Bonchev–Trinajstić information content (AvgIpc) is 2.66. The number of esters is 1. The van der Waals surface area contributed by atoms with Crippen LogP contribution in [0.15, 0.2) is 48.5 Å². The van der Waals surface area contributed by atoms with E-state index in [2.05, 4.69) is 5.32 Å². The first-order valence-electron chi connectivity index (χ1n) is 9.01. The quantitative estimate of drug-likeness (QED) is 0.627. The number of halogens is 1. The Kier molecular flexibility index (Phi) is 7.72. The van der Waals surface area contributed by atoms with Gasteiger partial charge >= 0.3 is 5.97 Å². The van der Waals surface area contributed by atoms with E-state index in [9.17, 15) is 22.4 Å². The number of amides is 1. The fraction of sp³-hybridized carbons (Fsp3) is 0.300. The topological polar surface area (TPSA) is 92.8 Å². The Morgan fingerprint density at radius 1 is 1.10 bits per heavy atom. The second-order valence-corrected chi connectivity index (χ2v) is 8.14. The predicted molar refractivity (Wildman–Crippen MR) is 109 cm³/mol. The molecule has 0 spiro atoms. The third kappa shape index (κ3) is 6.56. The minimum atomic E-state index is -3.59. The van der Waals surface area contributed by atoms with Gasteiger partial charge in [0.1, 0.15) is 5.82 Å². The SMILES string of the molecule is CCOC(=O)c1ccccc1NC(=O)CCCN(c1ccc(F)cc1)S(C)(=O)=O. The van der Waals surface area contributed by atoms with Gasteiger partial charge in [0.05, 0.1) is 29.8 Å². The van der Waals surface area contributed by atoms with Gasteiger partial charge in [-0.3, -0.25) is 9.10 Å². The van der Waals surface area contributed by atoms with Gasteiger partial charge in [-0.15, -0.1) is 0 Å². The third-order valence-corrected chi connectivity index (χ3v) is 5.17. The molecule has 1 N–H and O–H groups in total. The van der Waals surface area contributed by atoms with Gasteiger partial charge in [0.15, 0.2) is 0 Å². The highest BCUT2D eigenvalue weighted by molar-refractivity contribution is 7.92. The van der Waals surface area contributed by atoms with Crippen molar-refractivity contribution in [2.24, 2.45) is 0 Å². The van der Waals surface area contributed by atoms with Crippen LogP contribution in [0.2, 0.25) is 0 Å². The first-order chi connectivity index (χ1) is 13.7. The number of carbonyl (C=O) groups is 2. The van der Waals surface area contributed by atoms with Gasteiger partial charge in [0, 0.05) is 13.0 Å². The van der Waals surface area contributed by atoms with Crippen molar-refractivity contribution >= 4 is 33.3 Å². The lowest BCUT2D eigenvalue weighted by atomic mass is 10.1. The number of benzene rings is 2. The van der Waals surface area contributed by atoms with Crippen molar-refractivity contribution in [1.29, 1.82) is 0 Å². The summed E-state index contributed by atoms with van der Waals surface area (Å²) in [4.78, 5) is 24.2. The standard InChI is InChI=1S/C20H23FN2O5S/c1-3-28-20(25)17-7-4-5-8-18(17)22-19(24)9-6-14-23(29(2,26)27)16-12-10-15(21)11-13-16/h4-5,7-8,10-13H,3,6,9,14H2,1-2H3,(H,22,24). The Morgan fingerprint density at radius 3 is 2.38 bits per heavy atom. The number of sulfonamides is 1. The Balaban J connectivity index is 2.00. The van der Waals surface area contributed by atoms with Gasteiger partial charge in [-0.25, -0.2) is 17.6 Å². The molecule has 0 aromatic heterocycles. The van der Waals surface area contributed by atoms with Crippen LogP contribution < -0.4 is 9.62 Å². The molecule has 2 rings (SSSR count). The second-order valence-electron chi connectivity index (χ2n) is 6.23. The normalized spacial score (nSPS) is 11.0. The lowest BCUT2D eigenvalue weighted by molar-refractivity contribution is -0.116. The zero-order valence-corrected chi connectivity index (χ0v) is 17.0. The summed E-state index contributed by atoms with van der Waals surface area (Å²) in [7, 11) is -3.59. The van der Waals surface area contributed by atoms with Crippen LogP contribution in [-0.4, -0.2) is 39.7 Å². The van der Waals surface area contributed by atoms with Crippen LogP contribution in [0.1, 0.15) is 30.1 Å². The highest BCUT2D eigenvalue weighted by atomic mass is 32.2. The summed E-state index contributed by atoms with van der Waals surface area (Å²) in [5, 5.41) is 2.65. The maximum atomic E-state index is 13.1.